The van der Waals surface area contributed by atoms with Crippen LogP contribution in [0.3, 0.4) is 0 Å². The predicted molar refractivity (Wildman–Crippen MR) is 110 cm³/mol. The molecule has 0 saturated heterocycles. The molecule has 4 N–H and O–H groups in total. The molecule has 0 saturated carbocycles. The van der Waals surface area contributed by atoms with Gasteiger partial charge in [0, 0.05) is 11.6 Å². The van der Waals surface area contributed by atoms with Gasteiger partial charge in [0.1, 0.15) is 17.7 Å². The summed E-state index contributed by atoms with van der Waals surface area (Å²) in [5, 5.41) is 22.6. The third-order valence-corrected chi connectivity index (χ3v) is 4.05. The Bertz CT molecular complexity index is 1240. The number of hydrogen-bond donors (Lipinski definition) is 4. The summed E-state index contributed by atoms with van der Waals surface area (Å²) >= 11 is 0. The second-order valence-corrected chi connectivity index (χ2v) is 6.12. The Hall–Kier alpha value is -5.21. The van der Waals surface area contributed by atoms with Crippen LogP contribution in [0, 0.1) is 26.0 Å². The fourth-order valence-corrected chi connectivity index (χ4v) is 2.53. The van der Waals surface area contributed by atoms with Crippen LogP contribution in [-0.2, 0) is 0 Å². The van der Waals surface area contributed by atoms with Crippen LogP contribution in [0.2, 0.25) is 0 Å². The third-order valence-electron chi connectivity index (χ3n) is 4.05. The summed E-state index contributed by atoms with van der Waals surface area (Å²) in [7, 11) is 0. The Labute approximate surface area is 183 Å². The van der Waals surface area contributed by atoms with E-state index in [1.807, 2.05) is 0 Å². The normalized spacial score (nSPS) is 10.1. The van der Waals surface area contributed by atoms with Crippen LogP contribution in [0.4, 0.5) is 27.4 Å². The summed E-state index contributed by atoms with van der Waals surface area (Å²) in [6.07, 6.45) is 0.902. The number of nitro benzene ring substituents is 1. The highest BCUT2D eigenvalue weighted by Crippen LogP contribution is 2.28. The molecule has 0 bridgehead atoms. The smallest absolute Gasteiger partial charge is 0.276 e. The van der Waals surface area contributed by atoms with Gasteiger partial charge in [-0.1, -0.05) is 12.1 Å². The number of nitro groups is 2. The van der Waals surface area contributed by atoms with Gasteiger partial charge in [0.05, 0.1) is 9.85 Å². The van der Waals surface area contributed by atoms with Crippen molar-refractivity contribution in [2.45, 2.75) is 0 Å². The summed E-state index contributed by atoms with van der Waals surface area (Å²) in [6, 6.07) is 9.61. The first-order chi connectivity index (χ1) is 15.8. The lowest BCUT2D eigenvalue weighted by molar-refractivity contribution is -0.385. The minimum absolute atomic E-state index is 0.0654. The first kappa shape index (κ1) is 22.5. The van der Waals surface area contributed by atoms with Gasteiger partial charge in [-0.3, -0.25) is 51.5 Å². The third kappa shape index (κ3) is 5.29. The Balaban J connectivity index is 1.76. The van der Waals surface area contributed by atoms with Gasteiger partial charge in [-0.15, -0.1) is 0 Å². The molecular weight excluding hydrogens is 443 g/mol. The van der Waals surface area contributed by atoms with Crippen LogP contribution in [0.15, 0.2) is 54.9 Å². The minimum atomic E-state index is -0.950. The summed E-state index contributed by atoms with van der Waals surface area (Å²) in [5.41, 5.74) is 7.29. The lowest BCUT2D eigenvalue weighted by atomic mass is 10.2. The SMILES string of the molecule is O=C(NNc1ncnc(NNC(=O)c2ccccc2[N+](=O)[O-])c1[N+](=O)[O-])c1ccc(F)cc1. The molecule has 0 aliphatic rings. The Morgan fingerprint density at radius 1 is 0.818 bits per heavy atom. The number of anilines is 2. The van der Waals surface area contributed by atoms with Gasteiger partial charge in [-0.2, -0.15) is 0 Å². The first-order valence-corrected chi connectivity index (χ1v) is 8.89. The highest BCUT2D eigenvalue weighted by Gasteiger charge is 2.25. The molecule has 0 spiro atoms. The Morgan fingerprint density at radius 3 is 1.97 bits per heavy atom. The quantitative estimate of drug-likeness (QED) is 0.287. The molecule has 15 heteroatoms. The molecule has 168 valence electrons. The number of carbonyl (C=O) groups excluding carboxylic acids is 2. The fraction of sp³-hybridized carbons (Fsp3) is 0. The highest BCUT2D eigenvalue weighted by molar-refractivity contribution is 5.99. The molecule has 14 nitrogen and oxygen atoms in total. The van der Waals surface area contributed by atoms with Crippen LogP contribution in [-0.4, -0.2) is 31.6 Å². The van der Waals surface area contributed by atoms with E-state index in [2.05, 4.69) is 31.7 Å². The van der Waals surface area contributed by atoms with Crippen LogP contribution < -0.4 is 21.7 Å². The van der Waals surface area contributed by atoms with Crippen molar-refractivity contribution >= 4 is 34.8 Å². The predicted octanol–water partition coefficient (Wildman–Crippen LogP) is 1.95. The number of nitrogens with zero attached hydrogens (tertiary/aromatic N) is 4. The zero-order valence-electron chi connectivity index (χ0n) is 16.3. The number of nitrogens with one attached hydrogen (secondary N) is 4. The van der Waals surface area contributed by atoms with E-state index >= 15 is 0 Å². The molecule has 2 amide bonds. The van der Waals surface area contributed by atoms with Crippen molar-refractivity contribution < 1.29 is 23.8 Å². The van der Waals surface area contributed by atoms with E-state index in [-0.39, 0.29) is 11.1 Å². The van der Waals surface area contributed by atoms with Crippen molar-refractivity contribution in [3.63, 3.8) is 0 Å². The second-order valence-electron chi connectivity index (χ2n) is 6.12. The molecule has 0 aliphatic carbocycles. The lowest BCUT2D eigenvalue weighted by Gasteiger charge is -2.11. The van der Waals surface area contributed by atoms with Crippen LogP contribution in [0.1, 0.15) is 20.7 Å². The molecule has 1 aromatic heterocycles. The maximum Gasteiger partial charge on any atom is 0.356 e. The van der Waals surface area contributed by atoms with Crippen LogP contribution >= 0.6 is 0 Å². The van der Waals surface area contributed by atoms with Crippen molar-refractivity contribution in [2.24, 2.45) is 0 Å². The van der Waals surface area contributed by atoms with Crippen molar-refractivity contribution in [1.29, 1.82) is 0 Å². The number of para-hydroxylation sites is 1. The maximum atomic E-state index is 13.0. The lowest BCUT2D eigenvalue weighted by Crippen LogP contribution is -2.32. The van der Waals surface area contributed by atoms with Gasteiger partial charge in [-0.05, 0) is 30.3 Å². The number of hydrazine groups is 2. The van der Waals surface area contributed by atoms with Crippen LogP contribution in [0.5, 0.6) is 0 Å². The van der Waals surface area contributed by atoms with E-state index in [0.29, 0.717) is 0 Å². The summed E-state index contributed by atoms with van der Waals surface area (Å²) in [4.78, 5) is 52.8. The highest BCUT2D eigenvalue weighted by atomic mass is 19.1. The average Bonchev–Trinajstić information content (AvgIpc) is 2.81. The van der Waals surface area contributed by atoms with Gasteiger partial charge in [0.2, 0.25) is 11.6 Å². The van der Waals surface area contributed by atoms with E-state index in [1.165, 1.54) is 30.3 Å². The molecular formula is C18H13FN8O6. The summed E-state index contributed by atoms with van der Waals surface area (Å²) in [6.45, 7) is 0. The van der Waals surface area contributed by atoms with Crippen molar-refractivity contribution in [2.75, 3.05) is 10.9 Å². The van der Waals surface area contributed by atoms with E-state index in [9.17, 15) is 34.2 Å². The van der Waals surface area contributed by atoms with Gasteiger partial charge >= 0.3 is 5.69 Å². The number of aromatic nitrogens is 2. The number of carbonyl (C=O) groups is 2. The van der Waals surface area contributed by atoms with E-state index in [4.69, 9.17) is 0 Å². The molecule has 0 fully saturated rings. The molecule has 2 aromatic carbocycles. The fourth-order valence-electron chi connectivity index (χ4n) is 2.53. The topological polar surface area (TPSA) is 194 Å². The molecule has 33 heavy (non-hydrogen) atoms. The monoisotopic (exact) mass is 456 g/mol. The Kier molecular flexibility index (Phi) is 6.63. The second kappa shape index (κ2) is 9.73. The standard InChI is InChI=1S/C18H13FN8O6/c19-11-7-5-10(6-8-11)17(28)24-22-15-14(27(32)33)16(21-9-20-15)23-25-18(29)12-3-1-2-4-13(12)26(30)31/h1-9H,(H,24,28)(H,25,29)(H2,20,21,22,23). The molecule has 3 rings (SSSR count). The van der Waals surface area contributed by atoms with E-state index in [0.717, 1.165) is 24.5 Å². The van der Waals surface area contributed by atoms with Crippen molar-refractivity contribution in [3.8, 4) is 0 Å². The molecule has 3 aromatic rings. The number of hydrogen-bond acceptors (Lipinski definition) is 10. The molecule has 0 atom stereocenters. The average molecular weight is 456 g/mol. The molecule has 0 radical (unpaired) electrons. The minimum Gasteiger partial charge on any atom is -0.276 e. The number of halogens is 1. The van der Waals surface area contributed by atoms with Gasteiger partial charge in [-0.25, -0.2) is 14.4 Å². The zero-order chi connectivity index (χ0) is 24.0. The molecule has 1 heterocycles. The van der Waals surface area contributed by atoms with Gasteiger partial charge in [0.15, 0.2) is 0 Å². The molecule has 0 unspecified atom stereocenters. The van der Waals surface area contributed by atoms with Crippen molar-refractivity contribution in [3.05, 3.63) is 92.0 Å². The van der Waals surface area contributed by atoms with Gasteiger partial charge < -0.3 is 0 Å². The summed E-state index contributed by atoms with van der Waals surface area (Å²) in [5.74, 6) is -3.14. The first-order valence-electron chi connectivity index (χ1n) is 8.89. The number of rotatable bonds is 8. The van der Waals surface area contributed by atoms with Gasteiger partial charge in [0.25, 0.3) is 17.5 Å². The Morgan fingerprint density at radius 2 is 1.39 bits per heavy atom. The van der Waals surface area contributed by atoms with Crippen LogP contribution in [0.25, 0.3) is 0 Å². The summed E-state index contributed by atoms with van der Waals surface area (Å²) < 4.78 is 13.0. The number of amides is 2. The zero-order valence-corrected chi connectivity index (χ0v) is 16.3. The largest absolute Gasteiger partial charge is 0.356 e. The van der Waals surface area contributed by atoms with E-state index < -0.39 is 50.5 Å². The van der Waals surface area contributed by atoms with E-state index in [1.54, 1.807) is 0 Å². The van der Waals surface area contributed by atoms with Crippen molar-refractivity contribution in [1.82, 2.24) is 20.8 Å². The molecule has 0 aliphatic heterocycles. The maximum absolute atomic E-state index is 13.0. The number of benzene rings is 2.